The summed E-state index contributed by atoms with van der Waals surface area (Å²) in [5, 5.41) is 11.6. The minimum Gasteiger partial charge on any atom is -0.444 e. The fraction of sp³-hybridized carbons (Fsp3) is 0.423. The van der Waals surface area contributed by atoms with E-state index in [4.69, 9.17) is 4.74 Å². The van der Waals surface area contributed by atoms with Crippen LogP contribution in [0, 0.1) is 21.3 Å². The van der Waals surface area contributed by atoms with Gasteiger partial charge in [0.1, 0.15) is 17.5 Å². The first-order valence-electron chi connectivity index (χ1n) is 11.7. The highest BCUT2D eigenvalue weighted by molar-refractivity contribution is 6.08. The van der Waals surface area contributed by atoms with Gasteiger partial charge in [0.25, 0.3) is 17.5 Å². The molecule has 0 unspecified atom stereocenters. The Morgan fingerprint density at radius 2 is 1.81 bits per heavy atom. The normalized spacial score (nSPS) is 18.1. The molecule has 9 nitrogen and oxygen atoms in total. The summed E-state index contributed by atoms with van der Waals surface area (Å²) in [4.78, 5) is 53.4. The molecule has 10 heteroatoms. The summed E-state index contributed by atoms with van der Waals surface area (Å²) < 4.78 is 20.3. The zero-order chi connectivity index (χ0) is 26.3. The van der Waals surface area contributed by atoms with Crippen molar-refractivity contribution in [3.63, 3.8) is 0 Å². The number of nitrogens with zero attached hydrogens (tertiary/aromatic N) is 3. The molecule has 4 rings (SSSR count). The van der Waals surface area contributed by atoms with Crippen LogP contribution >= 0.6 is 0 Å². The van der Waals surface area contributed by atoms with Gasteiger partial charge in [0, 0.05) is 12.6 Å². The van der Waals surface area contributed by atoms with E-state index in [1.807, 2.05) is 0 Å². The first-order valence-corrected chi connectivity index (χ1v) is 11.7. The summed E-state index contributed by atoms with van der Waals surface area (Å²) in [6, 6.07) is 10.6. The van der Waals surface area contributed by atoms with E-state index in [2.05, 4.69) is 0 Å². The Balaban J connectivity index is 1.73. The summed E-state index contributed by atoms with van der Waals surface area (Å²) >= 11 is 0. The summed E-state index contributed by atoms with van der Waals surface area (Å²) in [5.41, 5.74) is -1.98. The molecule has 2 fully saturated rings. The van der Waals surface area contributed by atoms with Crippen LogP contribution in [0.2, 0.25) is 0 Å². The third kappa shape index (κ3) is 5.22. The number of halogens is 1. The van der Waals surface area contributed by atoms with Crippen molar-refractivity contribution in [1.29, 1.82) is 0 Å². The number of carbonyl (C=O) groups excluding carboxylic acids is 3. The smallest absolute Gasteiger partial charge is 0.410 e. The predicted molar refractivity (Wildman–Crippen MR) is 127 cm³/mol. The largest absolute Gasteiger partial charge is 0.444 e. The van der Waals surface area contributed by atoms with Crippen molar-refractivity contribution in [3.8, 4) is 0 Å². The van der Waals surface area contributed by atoms with Crippen molar-refractivity contribution >= 4 is 23.6 Å². The van der Waals surface area contributed by atoms with Crippen LogP contribution in [0.15, 0.2) is 48.5 Å². The number of carbonyl (C=O) groups is 3. The van der Waals surface area contributed by atoms with Crippen LogP contribution in [-0.2, 0) is 16.1 Å². The lowest BCUT2D eigenvalue weighted by Crippen LogP contribution is -2.50. The van der Waals surface area contributed by atoms with Crippen LogP contribution in [-0.4, -0.2) is 50.8 Å². The van der Waals surface area contributed by atoms with E-state index in [9.17, 15) is 28.9 Å². The van der Waals surface area contributed by atoms with Crippen LogP contribution in [0.5, 0.6) is 0 Å². The summed E-state index contributed by atoms with van der Waals surface area (Å²) in [7, 11) is 0. The Morgan fingerprint density at radius 1 is 1.14 bits per heavy atom. The molecule has 1 aliphatic heterocycles. The number of likely N-dealkylation sites (tertiary alicyclic amines) is 1. The molecule has 2 aromatic carbocycles. The van der Waals surface area contributed by atoms with Crippen molar-refractivity contribution in [2.75, 3.05) is 6.54 Å². The van der Waals surface area contributed by atoms with Crippen LogP contribution in [0.4, 0.5) is 14.9 Å². The van der Waals surface area contributed by atoms with Gasteiger partial charge in [-0.3, -0.25) is 29.5 Å². The van der Waals surface area contributed by atoms with Gasteiger partial charge in [-0.2, -0.15) is 0 Å². The number of rotatable bonds is 5. The van der Waals surface area contributed by atoms with E-state index in [1.54, 1.807) is 51.1 Å². The molecule has 1 spiro atoms. The summed E-state index contributed by atoms with van der Waals surface area (Å²) in [6.45, 7) is 5.22. The first-order chi connectivity index (χ1) is 16.9. The molecule has 190 valence electrons. The molecule has 1 atom stereocenters. The quantitative estimate of drug-likeness (QED) is 0.337. The topological polar surface area (TPSA) is 110 Å². The van der Waals surface area contributed by atoms with Crippen molar-refractivity contribution in [3.05, 3.63) is 75.6 Å². The molecule has 3 amide bonds. The van der Waals surface area contributed by atoms with Crippen molar-refractivity contribution in [2.45, 2.75) is 58.2 Å². The lowest BCUT2D eigenvalue weighted by atomic mass is 10.0. The Morgan fingerprint density at radius 3 is 2.39 bits per heavy atom. The molecule has 1 heterocycles. The lowest BCUT2D eigenvalue weighted by Gasteiger charge is -2.31. The number of imide groups is 1. The van der Waals surface area contributed by atoms with E-state index in [0.717, 1.165) is 35.9 Å². The lowest BCUT2D eigenvalue weighted by molar-refractivity contribution is -0.385. The van der Waals surface area contributed by atoms with E-state index in [-0.39, 0.29) is 12.0 Å². The Labute approximate surface area is 208 Å². The maximum atomic E-state index is 14.8. The van der Waals surface area contributed by atoms with Crippen LogP contribution in [0.1, 0.15) is 56.0 Å². The molecular formula is C26H28FN3O6. The van der Waals surface area contributed by atoms with Gasteiger partial charge in [-0.25, -0.2) is 9.18 Å². The maximum absolute atomic E-state index is 14.8. The van der Waals surface area contributed by atoms with Crippen LogP contribution < -0.4 is 0 Å². The third-order valence-electron chi connectivity index (χ3n) is 6.48. The minimum atomic E-state index is -1.13. The standard InChI is InChI=1S/C26H28FN3O6/c1-25(2,3)36-24(33)29-16-26(12-13-26)14-20(29)22(31)28(15-17-8-5-4-6-9-17)23(32)21-18(27)10-7-11-19(21)30(34)35/h4-11,20H,12-16H2,1-3H3/t20-/m0/s1. The molecule has 1 aliphatic carbocycles. The predicted octanol–water partition coefficient (Wildman–Crippen LogP) is 4.69. The number of nitro groups is 1. The Kier molecular flexibility index (Phi) is 6.55. The van der Waals surface area contributed by atoms with Gasteiger partial charge >= 0.3 is 6.09 Å². The van der Waals surface area contributed by atoms with E-state index < -0.39 is 51.5 Å². The van der Waals surface area contributed by atoms with Gasteiger partial charge in [-0.15, -0.1) is 0 Å². The van der Waals surface area contributed by atoms with Crippen molar-refractivity contribution < 1.29 is 28.4 Å². The molecule has 0 N–H and O–H groups in total. The fourth-order valence-electron chi connectivity index (χ4n) is 4.54. The molecule has 36 heavy (non-hydrogen) atoms. The number of ether oxygens (including phenoxy) is 1. The highest BCUT2D eigenvalue weighted by Crippen LogP contribution is 2.55. The van der Waals surface area contributed by atoms with E-state index in [1.165, 1.54) is 4.90 Å². The molecule has 2 aliphatic rings. The van der Waals surface area contributed by atoms with Gasteiger partial charge in [-0.05, 0) is 57.1 Å². The Hall–Kier alpha value is -3.82. The average Bonchev–Trinajstić information content (AvgIpc) is 3.45. The molecule has 0 aromatic heterocycles. The second-order valence-electron chi connectivity index (χ2n) is 10.4. The molecule has 2 aromatic rings. The van der Waals surface area contributed by atoms with Crippen molar-refractivity contribution in [1.82, 2.24) is 9.80 Å². The third-order valence-corrected chi connectivity index (χ3v) is 6.48. The van der Waals surface area contributed by atoms with E-state index in [0.29, 0.717) is 18.5 Å². The number of benzene rings is 2. The monoisotopic (exact) mass is 497 g/mol. The molecule has 1 saturated carbocycles. The van der Waals surface area contributed by atoms with Gasteiger partial charge < -0.3 is 4.74 Å². The first kappa shape index (κ1) is 25.3. The second-order valence-corrected chi connectivity index (χ2v) is 10.4. The van der Waals surface area contributed by atoms with Crippen LogP contribution in [0.25, 0.3) is 0 Å². The highest BCUT2D eigenvalue weighted by atomic mass is 19.1. The fourth-order valence-corrected chi connectivity index (χ4v) is 4.54. The van der Waals surface area contributed by atoms with E-state index >= 15 is 0 Å². The number of hydrogen-bond acceptors (Lipinski definition) is 6. The Bertz CT molecular complexity index is 1210. The van der Waals surface area contributed by atoms with Gasteiger partial charge in [-0.1, -0.05) is 36.4 Å². The van der Waals surface area contributed by atoms with Crippen molar-refractivity contribution in [2.24, 2.45) is 5.41 Å². The minimum absolute atomic E-state index is 0.220. The SMILES string of the molecule is CC(C)(C)OC(=O)N1CC2(CC2)C[C@H]1C(=O)N(Cc1ccccc1)C(=O)c1c(F)cccc1[N+](=O)[O-]. The maximum Gasteiger partial charge on any atom is 0.410 e. The zero-order valence-corrected chi connectivity index (χ0v) is 20.4. The van der Waals surface area contributed by atoms with Gasteiger partial charge in [0.2, 0.25) is 0 Å². The number of amides is 3. The molecule has 0 bridgehead atoms. The molecule has 1 saturated heterocycles. The second kappa shape index (κ2) is 9.33. The van der Waals surface area contributed by atoms with Gasteiger partial charge in [0.15, 0.2) is 5.56 Å². The average molecular weight is 498 g/mol. The summed E-state index contributed by atoms with van der Waals surface area (Å²) in [6.07, 6.45) is 1.33. The molecule has 0 radical (unpaired) electrons. The number of hydrogen-bond donors (Lipinski definition) is 0. The van der Waals surface area contributed by atoms with Crippen LogP contribution in [0.3, 0.4) is 0 Å². The summed E-state index contributed by atoms with van der Waals surface area (Å²) in [5.74, 6) is -2.96. The van der Waals surface area contributed by atoms with Gasteiger partial charge in [0.05, 0.1) is 11.5 Å². The zero-order valence-electron chi connectivity index (χ0n) is 20.4. The highest BCUT2D eigenvalue weighted by Gasteiger charge is 2.57. The number of nitro benzene ring substituents is 1. The molecular weight excluding hydrogens is 469 g/mol.